The van der Waals surface area contributed by atoms with Crippen LogP contribution in [0.15, 0.2) is 26.6 Å². The van der Waals surface area contributed by atoms with Crippen LogP contribution >= 0.6 is 15.9 Å². The molecule has 0 aliphatic carbocycles. The van der Waals surface area contributed by atoms with E-state index < -0.39 is 0 Å². The van der Waals surface area contributed by atoms with Gasteiger partial charge in [0.15, 0.2) is 10.4 Å². The quantitative estimate of drug-likeness (QED) is 0.616. The van der Waals surface area contributed by atoms with Gasteiger partial charge in [-0.05, 0) is 21.1 Å². The zero-order valence-electron chi connectivity index (χ0n) is 3.80. The summed E-state index contributed by atoms with van der Waals surface area (Å²) in [5.41, 5.74) is 0.296. The van der Waals surface area contributed by atoms with Crippen molar-refractivity contribution in [2.45, 2.75) is 0 Å². The molecule has 1 aromatic rings. The highest BCUT2D eigenvalue weighted by molar-refractivity contribution is 9.10. The van der Waals surface area contributed by atoms with E-state index >= 15 is 0 Å². The second-order valence-electron chi connectivity index (χ2n) is 1.17. The Balaban J connectivity index is 3.09. The van der Waals surface area contributed by atoms with Crippen molar-refractivity contribution >= 4 is 21.6 Å². The van der Waals surface area contributed by atoms with Gasteiger partial charge >= 0.3 is 0 Å². The maximum atomic E-state index is 9.75. The van der Waals surface area contributed by atoms with Crippen LogP contribution in [0.4, 0.5) is 5.69 Å². The molecular formula is C4H2BrNO2. The minimum atomic E-state index is 0.296. The Morgan fingerprint density at radius 1 is 1.75 bits per heavy atom. The summed E-state index contributed by atoms with van der Waals surface area (Å²) in [5.74, 6) is 0. The van der Waals surface area contributed by atoms with Gasteiger partial charge in [0.2, 0.25) is 0 Å². The maximum absolute atomic E-state index is 9.75. The topological polar surface area (TPSA) is 42.6 Å². The molecule has 0 radical (unpaired) electrons. The second-order valence-corrected chi connectivity index (χ2v) is 1.89. The van der Waals surface area contributed by atoms with Crippen LogP contribution in [-0.2, 0) is 0 Å². The average molecular weight is 176 g/mol. The first-order chi connectivity index (χ1) is 3.84. The smallest absolute Gasteiger partial charge is 0.198 e. The lowest BCUT2D eigenvalue weighted by molar-refractivity contribution is 0.542. The van der Waals surface area contributed by atoms with E-state index in [-0.39, 0.29) is 0 Å². The molecule has 0 saturated heterocycles. The monoisotopic (exact) mass is 175 g/mol. The third-order valence-corrected chi connectivity index (χ3v) is 1.29. The van der Waals surface area contributed by atoms with Crippen LogP contribution in [0.25, 0.3) is 0 Å². The minimum absolute atomic E-state index is 0.296. The van der Waals surface area contributed by atoms with Gasteiger partial charge in [-0.2, -0.15) is 0 Å². The van der Waals surface area contributed by atoms with Gasteiger partial charge in [-0.1, -0.05) is 0 Å². The molecule has 0 fully saturated rings. The molecule has 1 rings (SSSR count). The Bertz CT molecular complexity index is 196. The van der Waals surface area contributed by atoms with E-state index in [4.69, 9.17) is 0 Å². The number of hydrogen-bond acceptors (Lipinski definition) is 3. The first kappa shape index (κ1) is 5.50. The molecule has 0 aliphatic rings. The van der Waals surface area contributed by atoms with Crippen molar-refractivity contribution < 1.29 is 4.42 Å². The molecule has 0 N–H and O–H groups in total. The van der Waals surface area contributed by atoms with Gasteiger partial charge in [0, 0.05) is 6.07 Å². The van der Waals surface area contributed by atoms with E-state index in [9.17, 15) is 4.91 Å². The largest absolute Gasteiger partial charge is 0.455 e. The van der Waals surface area contributed by atoms with Gasteiger partial charge in [0.05, 0.1) is 6.26 Å². The Labute approximate surface area is 53.8 Å². The summed E-state index contributed by atoms with van der Waals surface area (Å²) < 4.78 is 5.06. The summed E-state index contributed by atoms with van der Waals surface area (Å²) >= 11 is 2.97. The van der Waals surface area contributed by atoms with Crippen LogP contribution in [-0.4, -0.2) is 0 Å². The van der Waals surface area contributed by atoms with Gasteiger partial charge in [0.1, 0.15) is 0 Å². The first-order valence-electron chi connectivity index (χ1n) is 1.91. The fraction of sp³-hybridized carbons (Fsp3) is 0. The highest BCUT2D eigenvalue weighted by Gasteiger charge is 1.99. The second kappa shape index (κ2) is 2.09. The molecule has 0 saturated carbocycles. The molecule has 0 atom stereocenters. The number of nitroso groups, excluding NO2 is 1. The molecular weight excluding hydrogens is 174 g/mol. The molecule has 3 nitrogen and oxygen atoms in total. The van der Waals surface area contributed by atoms with Crippen LogP contribution in [0.5, 0.6) is 0 Å². The third-order valence-electron chi connectivity index (χ3n) is 0.697. The summed E-state index contributed by atoms with van der Waals surface area (Å²) in [4.78, 5) is 9.75. The van der Waals surface area contributed by atoms with Crippen LogP contribution in [0.1, 0.15) is 0 Å². The lowest BCUT2D eigenvalue weighted by Crippen LogP contribution is -1.48. The van der Waals surface area contributed by atoms with Crippen molar-refractivity contribution in [1.29, 1.82) is 0 Å². The van der Waals surface area contributed by atoms with E-state index in [2.05, 4.69) is 25.5 Å². The van der Waals surface area contributed by atoms with Gasteiger partial charge in [-0.25, -0.2) is 0 Å². The zero-order valence-corrected chi connectivity index (χ0v) is 5.38. The van der Waals surface area contributed by atoms with E-state index in [1.54, 1.807) is 0 Å². The molecule has 1 aromatic heterocycles. The van der Waals surface area contributed by atoms with Gasteiger partial charge in [0.25, 0.3) is 0 Å². The van der Waals surface area contributed by atoms with Gasteiger partial charge in [-0.3, -0.25) is 0 Å². The summed E-state index contributed by atoms with van der Waals surface area (Å²) in [6.07, 6.45) is 1.39. The first-order valence-corrected chi connectivity index (χ1v) is 2.70. The highest BCUT2D eigenvalue weighted by Crippen LogP contribution is 2.24. The molecule has 0 spiro atoms. The van der Waals surface area contributed by atoms with Crippen molar-refractivity contribution in [2.24, 2.45) is 5.18 Å². The number of hydrogen-bond donors (Lipinski definition) is 0. The Kier molecular flexibility index (Phi) is 1.43. The minimum Gasteiger partial charge on any atom is -0.455 e. The fourth-order valence-corrected chi connectivity index (χ4v) is 0.663. The molecule has 1 heterocycles. The number of nitrogens with zero attached hydrogens (tertiary/aromatic N) is 1. The zero-order chi connectivity index (χ0) is 5.98. The number of rotatable bonds is 1. The van der Waals surface area contributed by atoms with E-state index in [0.717, 1.165) is 0 Å². The summed E-state index contributed by atoms with van der Waals surface area (Å²) in [7, 11) is 0. The van der Waals surface area contributed by atoms with Gasteiger partial charge in [-0.15, -0.1) is 4.91 Å². The molecule has 42 valence electrons. The Hall–Kier alpha value is -0.640. The SMILES string of the molecule is O=Nc1ccoc1Br. The van der Waals surface area contributed by atoms with Crippen LogP contribution in [0.3, 0.4) is 0 Å². The summed E-state index contributed by atoms with van der Waals surface area (Å²) in [6.45, 7) is 0. The van der Waals surface area contributed by atoms with E-state index in [0.29, 0.717) is 10.4 Å². The standard InChI is InChI=1S/C4H2BrNO2/c5-4-3(6-7)1-2-8-4/h1-2H. The lowest BCUT2D eigenvalue weighted by Gasteiger charge is -1.74. The fourth-order valence-electron chi connectivity index (χ4n) is 0.350. The molecule has 8 heavy (non-hydrogen) atoms. The van der Waals surface area contributed by atoms with Crippen molar-refractivity contribution in [3.8, 4) is 0 Å². The molecule has 0 aromatic carbocycles. The molecule has 4 heteroatoms. The summed E-state index contributed by atoms with van der Waals surface area (Å²) in [6, 6.07) is 1.48. The van der Waals surface area contributed by atoms with Crippen molar-refractivity contribution in [3.63, 3.8) is 0 Å². The molecule has 0 bridgehead atoms. The molecule has 0 amide bonds. The van der Waals surface area contributed by atoms with Crippen molar-refractivity contribution in [1.82, 2.24) is 0 Å². The van der Waals surface area contributed by atoms with Crippen LogP contribution < -0.4 is 0 Å². The Morgan fingerprint density at radius 3 is 2.75 bits per heavy atom. The van der Waals surface area contributed by atoms with E-state index in [1.807, 2.05) is 0 Å². The highest BCUT2D eigenvalue weighted by atomic mass is 79.9. The van der Waals surface area contributed by atoms with Crippen LogP contribution in [0, 0.1) is 4.91 Å². The Morgan fingerprint density at radius 2 is 2.50 bits per heavy atom. The molecule has 0 unspecified atom stereocenters. The van der Waals surface area contributed by atoms with Gasteiger partial charge < -0.3 is 4.42 Å². The van der Waals surface area contributed by atoms with Crippen molar-refractivity contribution in [3.05, 3.63) is 21.9 Å². The van der Waals surface area contributed by atoms with Crippen molar-refractivity contribution in [2.75, 3.05) is 0 Å². The number of furan rings is 1. The summed E-state index contributed by atoms with van der Waals surface area (Å²) in [5, 5.41) is 2.64. The van der Waals surface area contributed by atoms with Crippen LogP contribution in [0.2, 0.25) is 0 Å². The predicted molar refractivity (Wildman–Crippen MR) is 31.9 cm³/mol. The lowest BCUT2D eigenvalue weighted by atomic mass is 10.6. The number of halogens is 1. The predicted octanol–water partition coefficient (Wildman–Crippen LogP) is 2.44. The normalized spacial score (nSPS) is 9.12. The third kappa shape index (κ3) is 0.790. The average Bonchev–Trinajstić information content (AvgIpc) is 2.14. The maximum Gasteiger partial charge on any atom is 0.198 e. The van der Waals surface area contributed by atoms with E-state index in [1.165, 1.54) is 12.3 Å². The molecule has 0 aliphatic heterocycles.